The van der Waals surface area contributed by atoms with E-state index >= 15 is 0 Å². The number of carboxylic acids is 1. The van der Waals surface area contributed by atoms with E-state index in [1.54, 1.807) is 0 Å². The number of thiol groups is 1. The normalized spacial score (nSPS) is 18.9. The summed E-state index contributed by atoms with van der Waals surface area (Å²) in [4.78, 5) is 49.4. The molecule has 0 saturated carbocycles. The van der Waals surface area contributed by atoms with Crippen LogP contribution in [-0.2, 0) is 19.2 Å². The molecule has 0 aromatic rings. The Bertz CT molecular complexity index is 534. The van der Waals surface area contributed by atoms with Crippen LogP contribution in [0.2, 0.25) is 0 Å². The highest BCUT2D eigenvalue weighted by atomic mass is 32.2. The number of amides is 3. The van der Waals surface area contributed by atoms with Crippen molar-refractivity contribution in [3.05, 3.63) is 0 Å². The van der Waals surface area contributed by atoms with Crippen molar-refractivity contribution in [3.63, 3.8) is 0 Å². The fourth-order valence-electron chi connectivity index (χ4n) is 2.70. The number of thioether (sulfide) groups is 1. The first-order valence-corrected chi connectivity index (χ1v) is 10.3. The molecule has 1 aliphatic rings. The van der Waals surface area contributed by atoms with Crippen LogP contribution in [0.15, 0.2) is 0 Å². The van der Waals surface area contributed by atoms with Crippen molar-refractivity contribution >= 4 is 48.1 Å². The predicted octanol–water partition coefficient (Wildman–Crippen LogP) is -1.33. The first kappa shape index (κ1) is 22.6. The van der Waals surface area contributed by atoms with E-state index in [9.17, 15) is 19.2 Å². The lowest BCUT2D eigenvalue weighted by atomic mass is 10.1. The third-order valence-electron chi connectivity index (χ3n) is 4.07. The molecule has 0 bridgehead atoms. The fraction of sp³-hybridized carbons (Fsp3) is 0.733. The summed E-state index contributed by atoms with van der Waals surface area (Å²) in [5, 5.41) is 14.1. The number of nitrogens with two attached hydrogens (primary N) is 1. The highest BCUT2D eigenvalue weighted by molar-refractivity contribution is 7.98. The van der Waals surface area contributed by atoms with Gasteiger partial charge in [-0.3, -0.25) is 14.4 Å². The Balaban J connectivity index is 2.84. The van der Waals surface area contributed by atoms with Crippen molar-refractivity contribution in [1.29, 1.82) is 0 Å². The minimum absolute atomic E-state index is 0.0509. The fourth-order valence-corrected chi connectivity index (χ4v) is 3.42. The molecule has 3 unspecified atom stereocenters. The van der Waals surface area contributed by atoms with Gasteiger partial charge in [-0.15, -0.1) is 0 Å². The first-order chi connectivity index (χ1) is 12.3. The van der Waals surface area contributed by atoms with Crippen molar-refractivity contribution in [2.24, 2.45) is 5.73 Å². The smallest absolute Gasteiger partial charge is 0.327 e. The number of hydrogen-bond donors (Lipinski definition) is 5. The zero-order valence-electron chi connectivity index (χ0n) is 14.6. The maximum atomic E-state index is 12.9. The monoisotopic (exact) mass is 406 g/mol. The molecule has 0 spiro atoms. The van der Waals surface area contributed by atoms with E-state index in [2.05, 4.69) is 23.3 Å². The summed E-state index contributed by atoms with van der Waals surface area (Å²) in [6, 6.07) is -2.63. The summed E-state index contributed by atoms with van der Waals surface area (Å²) < 4.78 is 0. The lowest BCUT2D eigenvalue weighted by Crippen LogP contribution is -2.56. The van der Waals surface area contributed by atoms with Gasteiger partial charge in [-0.1, -0.05) is 0 Å². The second kappa shape index (κ2) is 11.3. The van der Waals surface area contributed by atoms with E-state index < -0.39 is 35.9 Å². The van der Waals surface area contributed by atoms with Crippen LogP contribution in [0.4, 0.5) is 0 Å². The highest BCUT2D eigenvalue weighted by Gasteiger charge is 2.38. The number of hydrogen-bond acceptors (Lipinski definition) is 7. The van der Waals surface area contributed by atoms with E-state index in [1.807, 2.05) is 6.26 Å². The Morgan fingerprint density at radius 1 is 1.31 bits per heavy atom. The molecule has 1 aliphatic heterocycles. The molecule has 1 rings (SSSR count). The summed E-state index contributed by atoms with van der Waals surface area (Å²) >= 11 is 5.46. The Labute approximate surface area is 162 Å². The van der Waals surface area contributed by atoms with Gasteiger partial charge in [-0.05, 0) is 31.3 Å². The lowest BCUT2D eigenvalue weighted by Gasteiger charge is -2.29. The van der Waals surface area contributed by atoms with Crippen LogP contribution >= 0.6 is 24.4 Å². The lowest BCUT2D eigenvalue weighted by molar-refractivity contribution is -0.144. The zero-order valence-corrected chi connectivity index (χ0v) is 16.4. The highest BCUT2D eigenvalue weighted by Crippen LogP contribution is 2.20. The van der Waals surface area contributed by atoms with Crippen molar-refractivity contribution in [2.45, 2.75) is 37.4 Å². The summed E-state index contributed by atoms with van der Waals surface area (Å²) in [5.41, 5.74) is 5.31. The number of nitrogens with one attached hydrogen (secondary N) is 2. The van der Waals surface area contributed by atoms with E-state index in [4.69, 9.17) is 10.8 Å². The third kappa shape index (κ3) is 6.36. The largest absolute Gasteiger partial charge is 0.480 e. The third-order valence-corrected chi connectivity index (χ3v) is 5.07. The molecule has 0 aliphatic carbocycles. The molecule has 1 fully saturated rings. The molecule has 5 N–H and O–H groups in total. The van der Waals surface area contributed by atoms with Crippen molar-refractivity contribution < 1.29 is 24.3 Å². The molecule has 1 heterocycles. The molecule has 0 aromatic heterocycles. The molecular formula is C15H26N4O5S2. The topological polar surface area (TPSA) is 142 Å². The Hall–Kier alpha value is -1.46. The molecule has 1 saturated heterocycles. The standard InChI is InChI=1S/C15H26N4O5S2/c1-26-6-4-9(17-12(20)7-16)14(22)19-5-2-3-11(19)13(21)18-10(8-25)15(23)24/h9-11,25H,2-8,16H2,1H3,(H,17,20)(H,18,21)(H,23,24). The number of carbonyl (C=O) groups is 4. The molecule has 3 atom stereocenters. The van der Waals surface area contributed by atoms with Gasteiger partial charge in [-0.25, -0.2) is 4.79 Å². The average Bonchev–Trinajstić information content (AvgIpc) is 3.11. The van der Waals surface area contributed by atoms with Gasteiger partial charge in [0.2, 0.25) is 17.7 Å². The van der Waals surface area contributed by atoms with Gasteiger partial charge >= 0.3 is 5.97 Å². The molecule has 0 aromatic carbocycles. The SMILES string of the molecule is CSCCC(NC(=O)CN)C(=O)N1CCCC1C(=O)NC(CS)C(=O)O. The predicted molar refractivity (Wildman–Crippen MR) is 102 cm³/mol. The van der Waals surface area contributed by atoms with Crippen molar-refractivity contribution in [3.8, 4) is 0 Å². The van der Waals surface area contributed by atoms with Crippen molar-refractivity contribution in [2.75, 3.05) is 30.9 Å². The summed E-state index contributed by atoms with van der Waals surface area (Å²) in [5.74, 6) is -1.89. The Morgan fingerprint density at radius 3 is 2.54 bits per heavy atom. The number of rotatable bonds is 10. The molecule has 9 nitrogen and oxygen atoms in total. The summed E-state index contributed by atoms with van der Waals surface area (Å²) in [6.07, 6.45) is 3.38. The van der Waals surface area contributed by atoms with Gasteiger partial charge in [0.25, 0.3) is 0 Å². The Kier molecular flexibility index (Phi) is 9.81. The minimum Gasteiger partial charge on any atom is -0.480 e. The quantitative estimate of drug-likeness (QED) is 0.283. The second-order valence-corrected chi connectivity index (χ2v) is 7.23. The van der Waals surface area contributed by atoms with Gasteiger partial charge in [0, 0.05) is 12.3 Å². The maximum Gasteiger partial charge on any atom is 0.327 e. The van der Waals surface area contributed by atoms with E-state index in [-0.39, 0.29) is 18.2 Å². The van der Waals surface area contributed by atoms with Crippen molar-refractivity contribution in [1.82, 2.24) is 15.5 Å². The van der Waals surface area contributed by atoms with Gasteiger partial charge in [-0.2, -0.15) is 24.4 Å². The number of nitrogens with zero attached hydrogens (tertiary/aromatic N) is 1. The average molecular weight is 407 g/mol. The van der Waals surface area contributed by atoms with Gasteiger partial charge in [0.15, 0.2) is 0 Å². The van der Waals surface area contributed by atoms with Crippen LogP contribution in [-0.4, -0.2) is 82.7 Å². The minimum atomic E-state index is -1.18. The van der Waals surface area contributed by atoms with E-state index in [0.717, 1.165) is 0 Å². The van der Waals surface area contributed by atoms with Gasteiger partial charge in [0.05, 0.1) is 6.54 Å². The van der Waals surface area contributed by atoms with Crippen LogP contribution in [0.3, 0.4) is 0 Å². The number of carboxylic acid groups (broad SMARTS) is 1. The van der Waals surface area contributed by atoms with E-state index in [1.165, 1.54) is 16.7 Å². The zero-order chi connectivity index (χ0) is 19.7. The van der Waals surface area contributed by atoms with Crippen LogP contribution in [0.5, 0.6) is 0 Å². The second-order valence-electron chi connectivity index (χ2n) is 5.88. The summed E-state index contributed by atoms with van der Waals surface area (Å²) in [7, 11) is 0. The molecule has 148 valence electrons. The first-order valence-electron chi connectivity index (χ1n) is 8.28. The maximum absolute atomic E-state index is 12.9. The van der Waals surface area contributed by atoms with E-state index in [0.29, 0.717) is 31.6 Å². The van der Waals surface area contributed by atoms with Crippen LogP contribution < -0.4 is 16.4 Å². The van der Waals surface area contributed by atoms with Crippen LogP contribution in [0.25, 0.3) is 0 Å². The number of carbonyl (C=O) groups excluding carboxylic acids is 3. The number of aliphatic carboxylic acids is 1. The molecule has 0 radical (unpaired) electrons. The van der Waals surface area contributed by atoms with Crippen LogP contribution in [0.1, 0.15) is 19.3 Å². The molecule has 26 heavy (non-hydrogen) atoms. The van der Waals surface area contributed by atoms with Gasteiger partial charge in [0.1, 0.15) is 18.1 Å². The van der Waals surface area contributed by atoms with Crippen LogP contribution in [0, 0.1) is 0 Å². The molecule has 3 amide bonds. The van der Waals surface area contributed by atoms with Gasteiger partial charge < -0.3 is 26.4 Å². The molecular weight excluding hydrogens is 380 g/mol. The summed E-state index contributed by atoms with van der Waals surface area (Å²) in [6.45, 7) is 0.152. The Morgan fingerprint density at radius 2 is 2.00 bits per heavy atom. The number of likely N-dealkylation sites (tertiary alicyclic amines) is 1. The molecule has 11 heteroatoms.